The van der Waals surface area contributed by atoms with E-state index in [9.17, 15) is 9.90 Å². The van der Waals surface area contributed by atoms with Gasteiger partial charge in [-0.25, -0.2) is 0 Å². The lowest BCUT2D eigenvalue weighted by Crippen LogP contribution is -2.27. The molecule has 0 bridgehead atoms. The molecule has 1 heterocycles. The first kappa shape index (κ1) is 16.6. The Balaban J connectivity index is 2.37. The number of hydrogen-bond acceptors (Lipinski definition) is 5. The van der Waals surface area contributed by atoms with E-state index in [1.54, 1.807) is 23.1 Å². The molecule has 2 rings (SSSR count). The van der Waals surface area contributed by atoms with Gasteiger partial charge in [0.25, 0.3) is 5.91 Å². The predicted octanol–water partition coefficient (Wildman–Crippen LogP) is 3.62. The molecule has 0 spiro atoms. The average molecular weight is 435 g/mol. The van der Waals surface area contributed by atoms with Gasteiger partial charge in [0.2, 0.25) is 0 Å². The Bertz CT molecular complexity index is 631. The van der Waals surface area contributed by atoms with Crippen molar-refractivity contribution in [3.8, 4) is 11.5 Å². The molecule has 1 aliphatic rings. The highest BCUT2D eigenvalue weighted by Crippen LogP contribution is 2.36. The summed E-state index contributed by atoms with van der Waals surface area (Å²) in [6.07, 6.45) is 1.78. The monoisotopic (exact) mass is 435 g/mol. The summed E-state index contributed by atoms with van der Waals surface area (Å²) >= 11 is 8.51. The molecule has 1 aliphatic heterocycles. The van der Waals surface area contributed by atoms with Crippen molar-refractivity contribution < 1.29 is 14.6 Å². The number of aromatic hydroxyl groups is 1. The van der Waals surface area contributed by atoms with E-state index in [1.807, 2.05) is 36.4 Å². The van der Waals surface area contributed by atoms with Gasteiger partial charge in [0, 0.05) is 6.54 Å². The largest absolute Gasteiger partial charge is 0.504 e. The number of rotatable bonds is 4. The summed E-state index contributed by atoms with van der Waals surface area (Å²) in [5.74, 6) is 0.464. The fraction of sp³-hybridized carbons (Fsp3) is 0.286. The number of carbonyl (C=O) groups excluding carboxylic acids is 1. The molecule has 0 radical (unpaired) electrons. The van der Waals surface area contributed by atoms with Gasteiger partial charge in [0.1, 0.15) is 4.32 Å². The third-order valence-corrected chi connectivity index (χ3v) is 5.04. The Morgan fingerprint density at radius 2 is 2.19 bits per heavy atom. The molecule has 0 aliphatic carbocycles. The third kappa shape index (κ3) is 3.51. The van der Waals surface area contributed by atoms with Gasteiger partial charge in [-0.15, -0.1) is 0 Å². The van der Waals surface area contributed by atoms with Crippen LogP contribution in [0.3, 0.4) is 0 Å². The highest BCUT2D eigenvalue weighted by Gasteiger charge is 2.30. The molecular formula is C14H14INO3S2. The summed E-state index contributed by atoms with van der Waals surface area (Å²) in [6.45, 7) is 4.78. The number of ether oxygens (including phenoxy) is 1. The number of phenolic OH excluding ortho intramolecular Hbond substituents is 1. The molecule has 112 valence electrons. The van der Waals surface area contributed by atoms with E-state index in [4.69, 9.17) is 17.0 Å². The number of nitrogens with zero attached hydrogens (tertiary/aromatic N) is 1. The van der Waals surface area contributed by atoms with Crippen LogP contribution in [0, 0.1) is 3.57 Å². The number of carbonyl (C=O) groups is 1. The van der Waals surface area contributed by atoms with Gasteiger partial charge in [-0.1, -0.05) is 24.0 Å². The van der Waals surface area contributed by atoms with Crippen molar-refractivity contribution >= 4 is 62.9 Å². The standard InChI is InChI=1S/C14H14INO3S2/c1-3-16-13(18)11(21-14(16)20)7-8-5-9(15)12(17)10(6-8)19-4-2/h5-7,17H,3-4H2,1-2H3/b11-7-. The molecule has 4 nitrogen and oxygen atoms in total. The Kier molecular flexibility index (Phi) is 5.50. The molecule has 1 N–H and O–H groups in total. The molecule has 0 saturated carbocycles. The maximum Gasteiger partial charge on any atom is 0.266 e. The van der Waals surface area contributed by atoms with Crippen LogP contribution >= 0.6 is 46.6 Å². The van der Waals surface area contributed by atoms with Crippen LogP contribution in [0.15, 0.2) is 17.0 Å². The second kappa shape index (κ2) is 6.97. The number of hydrogen-bond donors (Lipinski definition) is 1. The van der Waals surface area contributed by atoms with Gasteiger partial charge in [-0.05, 0) is 60.2 Å². The lowest BCUT2D eigenvalue weighted by atomic mass is 10.2. The zero-order valence-corrected chi connectivity index (χ0v) is 15.3. The van der Waals surface area contributed by atoms with Crippen molar-refractivity contribution in [3.05, 3.63) is 26.2 Å². The summed E-state index contributed by atoms with van der Waals surface area (Å²) in [5, 5.41) is 9.93. The van der Waals surface area contributed by atoms with Crippen LogP contribution in [0.1, 0.15) is 19.4 Å². The van der Waals surface area contributed by atoms with Crippen LogP contribution in [0.25, 0.3) is 6.08 Å². The Hall–Kier alpha value is -0.800. The van der Waals surface area contributed by atoms with Gasteiger partial charge in [0.15, 0.2) is 11.5 Å². The van der Waals surface area contributed by atoms with Crippen molar-refractivity contribution in [1.82, 2.24) is 4.90 Å². The van der Waals surface area contributed by atoms with E-state index in [0.717, 1.165) is 5.56 Å². The summed E-state index contributed by atoms with van der Waals surface area (Å²) in [5.41, 5.74) is 0.803. The summed E-state index contributed by atoms with van der Waals surface area (Å²) in [7, 11) is 0. The van der Waals surface area contributed by atoms with Crippen molar-refractivity contribution in [1.29, 1.82) is 0 Å². The van der Waals surface area contributed by atoms with E-state index >= 15 is 0 Å². The van der Waals surface area contributed by atoms with Crippen molar-refractivity contribution in [2.24, 2.45) is 0 Å². The molecule has 7 heteroatoms. The smallest absolute Gasteiger partial charge is 0.266 e. The average Bonchev–Trinajstić information content (AvgIpc) is 2.70. The summed E-state index contributed by atoms with van der Waals surface area (Å²) in [4.78, 5) is 14.3. The van der Waals surface area contributed by atoms with E-state index in [2.05, 4.69) is 0 Å². The lowest BCUT2D eigenvalue weighted by molar-refractivity contribution is -0.121. The minimum Gasteiger partial charge on any atom is -0.504 e. The van der Waals surface area contributed by atoms with Crippen LogP contribution in [-0.2, 0) is 4.79 Å². The zero-order chi connectivity index (χ0) is 15.6. The van der Waals surface area contributed by atoms with Crippen LogP contribution < -0.4 is 4.74 Å². The number of likely N-dealkylation sites (N-methyl/N-ethyl adjacent to an activating group) is 1. The second-order valence-electron chi connectivity index (χ2n) is 4.21. The van der Waals surface area contributed by atoms with Crippen molar-refractivity contribution in [2.75, 3.05) is 13.2 Å². The number of halogens is 1. The molecule has 1 saturated heterocycles. The van der Waals surface area contributed by atoms with Gasteiger partial charge in [-0.3, -0.25) is 9.69 Å². The van der Waals surface area contributed by atoms with Gasteiger partial charge in [-0.2, -0.15) is 0 Å². The minimum atomic E-state index is -0.0754. The molecule has 0 aromatic heterocycles. The highest BCUT2D eigenvalue weighted by molar-refractivity contribution is 14.1. The lowest BCUT2D eigenvalue weighted by Gasteiger charge is -2.10. The number of thiocarbonyl (C=S) groups is 1. The zero-order valence-electron chi connectivity index (χ0n) is 11.6. The Morgan fingerprint density at radius 1 is 1.48 bits per heavy atom. The van der Waals surface area contributed by atoms with E-state index < -0.39 is 0 Å². The maximum atomic E-state index is 12.2. The first-order valence-electron chi connectivity index (χ1n) is 6.38. The van der Waals surface area contributed by atoms with Crippen LogP contribution in [-0.4, -0.2) is 33.4 Å². The fourth-order valence-corrected chi connectivity index (χ4v) is 3.88. The summed E-state index contributed by atoms with van der Waals surface area (Å²) < 4.78 is 6.65. The molecule has 0 unspecified atom stereocenters. The van der Waals surface area contributed by atoms with Crippen molar-refractivity contribution in [3.63, 3.8) is 0 Å². The summed E-state index contributed by atoms with van der Waals surface area (Å²) in [6, 6.07) is 3.52. The van der Waals surface area contributed by atoms with E-state index in [-0.39, 0.29) is 11.7 Å². The third-order valence-electron chi connectivity index (χ3n) is 2.84. The van der Waals surface area contributed by atoms with Gasteiger partial charge < -0.3 is 9.84 Å². The minimum absolute atomic E-state index is 0.0754. The SMILES string of the molecule is CCOc1cc(/C=C2\SC(=S)N(CC)C2=O)cc(I)c1O. The molecular weight excluding hydrogens is 421 g/mol. The Labute approximate surface area is 146 Å². The number of phenols is 1. The Morgan fingerprint density at radius 3 is 2.76 bits per heavy atom. The van der Waals surface area contributed by atoms with Crippen molar-refractivity contribution in [2.45, 2.75) is 13.8 Å². The molecule has 0 atom stereocenters. The van der Waals surface area contributed by atoms with E-state index in [1.165, 1.54) is 11.8 Å². The van der Waals surface area contributed by atoms with Crippen LogP contribution in [0.5, 0.6) is 11.5 Å². The molecule has 1 aromatic carbocycles. The molecule has 1 fully saturated rings. The fourth-order valence-electron chi connectivity index (χ4n) is 1.87. The molecule has 1 amide bonds. The van der Waals surface area contributed by atoms with Crippen LogP contribution in [0.2, 0.25) is 0 Å². The quantitative estimate of drug-likeness (QED) is 0.445. The predicted molar refractivity (Wildman–Crippen MR) is 97.5 cm³/mol. The molecule has 1 aromatic rings. The van der Waals surface area contributed by atoms with Crippen LogP contribution in [0.4, 0.5) is 0 Å². The highest BCUT2D eigenvalue weighted by atomic mass is 127. The molecule has 21 heavy (non-hydrogen) atoms. The van der Waals surface area contributed by atoms with Gasteiger partial charge >= 0.3 is 0 Å². The number of benzene rings is 1. The topological polar surface area (TPSA) is 49.8 Å². The number of thioether (sulfide) groups is 1. The maximum absolute atomic E-state index is 12.2. The first-order valence-corrected chi connectivity index (χ1v) is 8.69. The van der Waals surface area contributed by atoms with Gasteiger partial charge in [0.05, 0.1) is 15.1 Å². The second-order valence-corrected chi connectivity index (χ2v) is 7.05. The first-order chi connectivity index (χ1) is 9.97. The normalized spacial score (nSPS) is 16.9. The van der Waals surface area contributed by atoms with E-state index in [0.29, 0.717) is 31.7 Å². The number of amides is 1.